The summed E-state index contributed by atoms with van der Waals surface area (Å²) in [6.45, 7) is 9.20. The smallest absolute Gasteiger partial charge is 0.269 e. The minimum absolute atomic E-state index is 0.105. The van der Waals surface area contributed by atoms with Crippen LogP contribution < -0.4 is 5.32 Å². The first-order valence-electron chi connectivity index (χ1n) is 6.87. The Bertz CT molecular complexity index is 596. The maximum absolute atomic E-state index is 12.3. The monoisotopic (exact) mass is 275 g/mol. The van der Waals surface area contributed by atoms with Crippen molar-refractivity contribution in [3.05, 3.63) is 34.9 Å². The molecule has 0 aliphatic heterocycles. The van der Waals surface area contributed by atoms with Crippen molar-refractivity contribution < 1.29 is 4.79 Å². The van der Waals surface area contributed by atoms with E-state index in [1.807, 2.05) is 19.9 Å². The van der Waals surface area contributed by atoms with Gasteiger partial charge in [-0.25, -0.2) is 0 Å². The Morgan fingerprint density at radius 1 is 1.50 bits per heavy atom. The Morgan fingerprint density at radius 3 is 2.80 bits per heavy atom. The van der Waals surface area contributed by atoms with Crippen molar-refractivity contribution in [3.8, 4) is 0 Å². The highest BCUT2D eigenvalue weighted by atomic mass is 16.2. The van der Waals surface area contributed by atoms with Gasteiger partial charge in [0.05, 0.1) is 11.9 Å². The van der Waals surface area contributed by atoms with Crippen LogP contribution in [-0.2, 0) is 13.1 Å². The highest BCUT2D eigenvalue weighted by molar-refractivity contribution is 5.92. The van der Waals surface area contributed by atoms with Crippen LogP contribution in [0.3, 0.4) is 0 Å². The lowest BCUT2D eigenvalue weighted by Gasteiger charge is -2.06. The summed E-state index contributed by atoms with van der Waals surface area (Å²) in [6.07, 6.45) is 1.73. The molecule has 0 unspecified atom stereocenters. The number of aromatic amines is 1. The molecule has 0 aliphatic rings. The van der Waals surface area contributed by atoms with Gasteiger partial charge in [0.25, 0.3) is 5.91 Å². The molecule has 2 heterocycles. The number of amides is 1. The van der Waals surface area contributed by atoms with Crippen LogP contribution >= 0.6 is 0 Å². The van der Waals surface area contributed by atoms with E-state index in [2.05, 4.69) is 34.5 Å². The first kappa shape index (κ1) is 14.3. The second-order valence-electron chi connectivity index (χ2n) is 5.13. The fourth-order valence-corrected chi connectivity index (χ4v) is 1.96. The van der Waals surface area contributed by atoms with E-state index < -0.39 is 0 Å². The molecule has 2 aromatic heterocycles. The van der Waals surface area contributed by atoms with Crippen LogP contribution in [0.5, 0.6) is 0 Å². The van der Waals surface area contributed by atoms with Crippen LogP contribution in [0.4, 0.5) is 0 Å². The molecule has 0 radical (unpaired) electrons. The maximum atomic E-state index is 12.3. The summed E-state index contributed by atoms with van der Waals surface area (Å²) in [7, 11) is 0. The van der Waals surface area contributed by atoms with Gasteiger partial charge >= 0.3 is 0 Å². The second kappa shape index (κ2) is 5.90. The Balaban J connectivity index is 2.10. The number of nitrogens with one attached hydrogen (secondary N) is 2. The zero-order chi connectivity index (χ0) is 14.7. The molecule has 0 spiro atoms. The minimum atomic E-state index is -0.105. The molecule has 0 aliphatic carbocycles. The second-order valence-corrected chi connectivity index (χ2v) is 5.13. The largest absolute Gasteiger partial charge is 0.347 e. The van der Waals surface area contributed by atoms with Gasteiger partial charge in [0.15, 0.2) is 0 Å². The van der Waals surface area contributed by atoms with Crippen molar-refractivity contribution in [2.24, 2.45) is 0 Å². The molecule has 2 rings (SSSR count). The van der Waals surface area contributed by atoms with Gasteiger partial charge in [-0.15, -0.1) is 0 Å². The number of aromatic nitrogens is 4. The van der Waals surface area contributed by atoms with E-state index in [1.54, 1.807) is 10.9 Å². The molecule has 0 aromatic carbocycles. The van der Waals surface area contributed by atoms with Crippen molar-refractivity contribution in [2.75, 3.05) is 0 Å². The van der Waals surface area contributed by atoms with Crippen molar-refractivity contribution in [1.82, 2.24) is 25.3 Å². The van der Waals surface area contributed by atoms with Crippen molar-refractivity contribution in [2.45, 2.75) is 46.7 Å². The molecule has 6 heteroatoms. The van der Waals surface area contributed by atoms with E-state index in [0.717, 1.165) is 17.0 Å². The SMILES string of the molecule is CCn1nc(C(C)C)cc1C(=O)NCc1cn[nH]c1C. The number of rotatable bonds is 5. The third kappa shape index (κ3) is 2.89. The molecular weight excluding hydrogens is 254 g/mol. The molecule has 1 amide bonds. The molecule has 0 atom stereocenters. The topological polar surface area (TPSA) is 75.6 Å². The predicted molar refractivity (Wildman–Crippen MR) is 76.5 cm³/mol. The molecule has 2 aromatic rings. The summed E-state index contributed by atoms with van der Waals surface area (Å²) in [5.74, 6) is 0.206. The Hall–Kier alpha value is -2.11. The normalized spacial score (nSPS) is 11.1. The van der Waals surface area contributed by atoms with E-state index in [1.165, 1.54) is 0 Å². The number of hydrogen-bond donors (Lipinski definition) is 2. The number of carbonyl (C=O) groups excluding carboxylic acids is 1. The van der Waals surface area contributed by atoms with Crippen molar-refractivity contribution in [1.29, 1.82) is 0 Å². The molecular formula is C14H21N5O. The van der Waals surface area contributed by atoms with E-state index in [-0.39, 0.29) is 5.91 Å². The van der Waals surface area contributed by atoms with E-state index in [9.17, 15) is 4.79 Å². The van der Waals surface area contributed by atoms with E-state index >= 15 is 0 Å². The summed E-state index contributed by atoms with van der Waals surface area (Å²) in [5, 5.41) is 14.2. The first-order valence-corrected chi connectivity index (χ1v) is 6.87. The van der Waals surface area contributed by atoms with Gasteiger partial charge in [-0.2, -0.15) is 10.2 Å². The number of aryl methyl sites for hydroxylation is 2. The van der Waals surface area contributed by atoms with Gasteiger partial charge in [-0.05, 0) is 25.8 Å². The molecule has 0 saturated heterocycles. The summed E-state index contributed by atoms with van der Waals surface area (Å²) >= 11 is 0. The molecule has 0 bridgehead atoms. The Labute approximate surface area is 118 Å². The third-order valence-corrected chi connectivity index (χ3v) is 3.30. The Morgan fingerprint density at radius 2 is 2.25 bits per heavy atom. The molecule has 0 fully saturated rings. The highest BCUT2D eigenvalue weighted by Crippen LogP contribution is 2.14. The quantitative estimate of drug-likeness (QED) is 0.876. The summed E-state index contributed by atoms with van der Waals surface area (Å²) in [4.78, 5) is 12.3. The minimum Gasteiger partial charge on any atom is -0.347 e. The van der Waals surface area contributed by atoms with Gasteiger partial charge in [0.2, 0.25) is 0 Å². The standard InChI is InChI=1S/C14H21N5O/c1-5-19-13(6-12(18-19)9(2)3)14(20)15-7-11-8-16-17-10(11)4/h6,8-9H,5,7H2,1-4H3,(H,15,20)(H,16,17). The summed E-state index contributed by atoms with van der Waals surface area (Å²) in [5.41, 5.74) is 3.51. The van der Waals surface area contributed by atoms with Crippen LogP contribution in [0.15, 0.2) is 12.3 Å². The van der Waals surface area contributed by atoms with Crippen LogP contribution in [-0.4, -0.2) is 25.9 Å². The average Bonchev–Trinajstić information content (AvgIpc) is 3.02. The maximum Gasteiger partial charge on any atom is 0.269 e. The van der Waals surface area contributed by atoms with Crippen molar-refractivity contribution in [3.63, 3.8) is 0 Å². The van der Waals surface area contributed by atoms with Crippen LogP contribution in [0.2, 0.25) is 0 Å². The van der Waals surface area contributed by atoms with Gasteiger partial charge in [-0.1, -0.05) is 13.8 Å². The lowest BCUT2D eigenvalue weighted by Crippen LogP contribution is -2.25. The molecule has 108 valence electrons. The van der Waals surface area contributed by atoms with E-state index in [4.69, 9.17) is 0 Å². The molecule has 20 heavy (non-hydrogen) atoms. The number of H-pyrrole nitrogens is 1. The lowest BCUT2D eigenvalue weighted by molar-refractivity contribution is 0.0940. The van der Waals surface area contributed by atoms with Crippen molar-refractivity contribution >= 4 is 5.91 Å². The number of nitrogens with zero attached hydrogens (tertiary/aromatic N) is 3. The predicted octanol–water partition coefficient (Wildman–Crippen LogP) is 1.99. The third-order valence-electron chi connectivity index (χ3n) is 3.30. The van der Waals surface area contributed by atoms with Gasteiger partial charge in [0.1, 0.15) is 5.69 Å². The van der Waals surface area contributed by atoms with Gasteiger partial charge in [0, 0.05) is 24.3 Å². The molecule has 2 N–H and O–H groups in total. The fraction of sp³-hybridized carbons (Fsp3) is 0.500. The summed E-state index contributed by atoms with van der Waals surface area (Å²) < 4.78 is 1.74. The van der Waals surface area contributed by atoms with Gasteiger partial charge in [-0.3, -0.25) is 14.6 Å². The Kier molecular flexibility index (Phi) is 4.22. The molecule has 6 nitrogen and oxygen atoms in total. The summed E-state index contributed by atoms with van der Waals surface area (Å²) in [6, 6.07) is 1.87. The van der Waals surface area contributed by atoms with Gasteiger partial charge < -0.3 is 5.32 Å². The average molecular weight is 275 g/mol. The number of carbonyl (C=O) groups is 1. The fourth-order valence-electron chi connectivity index (χ4n) is 1.96. The molecule has 0 saturated carbocycles. The van der Waals surface area contributed by atoms with Crippen LogP contribution in [0, 0.1) is 6.92 Å². The lowest BCUT2D eigenvalue weighted by atomic mass is 10.1. The first-order chi connectivity index (χ1) is 9.52. The zero-order valence-corrected chi connectivity index (χ0v) is 12.4. The van der Waals surface area contributed by atoms with Crippen LogP contribution in [0.25, 0.3) is 0 Å². The van der Waals surface area contributed by atoms with E-state index in [0.29, 0.717) is 24.7 Å². The van der Waals surface area contributed by atoms with Crippen LogP contribution in [0.1, 0.15) is 54.1 Å². The number of hydrogen-bond acceptors (Lipinski definition) is 3. The zero-order valence-electron chi connectivity index (χ0n) is 12.4. The highest BCUT2D eigenvalue weighted by Gasteiger charge is 2.16.